The summed E-state index contributed by atoms with van der Waals surface area (Å²) >= 11 is 0. The van der Waals surface area contributed by atoms with Crippen molar-refractivity contribution in [1.29, 1.82) is 0 Å². The summed E-state index contributed by atoms with van der Waals surface area (Å²) in [6.45, 7) is 0.636. The molecule has 1 saturated carbocycles. The van der Waals surface area contributed by atoms with Gasteiger partial charge in [0.05, 0.1) is 5.69 Å². The average molecular weight is 193 g/mol. The summed E-state index contributed by atoms with van der Waals surface area (Å²) < 4.78 is 0. The Labute approximate surface area is 82.6 Å². The van der Waals surface area contributed by atoms with E-state index in [0.29, 0.717) is 12.5 Å². The van der Waals surface area contributed by atoms with E-state index in [0.717, 1.165) is 24.4 Å². The second-order valence-corrected chi connectivity index (χ2v) is 3.78. The fraction of sp³-hybridized carbons (Fsp3) is 0.600. The molecule has 1 aromatic heterocycles. The molecule has 1 heterocycles. The van der Waals surface area contributed by atoms with E-state index in [2.05, 4.69) is 9.97 Å². The molecular formula is C10H15N3O. The normalized spacial score (nSPS) is 15.8. The summed E-state index contributed by atoms with van der Waals surface area (Å²) in [7, 11) is 0. The van der Waals surface area contributed by atoms with Crippen molar-refractivity contribution in [3.63, 3.8) is 0 Å². The predicted octanol–water partition coefficient (Wildman–Crippen LogP) is 0.539. The van der Waals surface area contributed by atoms with Crippen molar-refractivity contribution in [2.45, 2.75) is 31.6 Å². The van der Waals surface area contributed by atoms with Crippen LogP contribution in [0.4, 0.5) is 0 Å². The molecule has 1 aliphatic rings. The molecule has 1 aliphatic carbocycles. The van der Waals surface area contributed by atoms with Crippen LogP contribution in [0, 0.1) is 0 Å². The largest absolute Gasteiger partial charge is 0.330 e. The third-order valence-electron chi connectivity index (χ3n) is 2.42. The minimum atomic E-state index is -0.0334. The summed E-state index contributed by atoms with van der Waals surface area (Å²) in [4.78, 5) is 18.4. The third-order valence-corrected chi connectivity index (χ3v) is 2.42. The van der Waals surface area contributed by atoms with E-state index in [4.69, 9.17) is 5.73 Å². The van der Waals surface area contributed by atoms with Crippen LogP contribution in [0.1, 0.15) is 36.7 Å². The second-order valence-electron chi connectivity index (χ2n) is 3.78. The third kappa shape index (κ3) is 2.20. The number of nitrogens with one attached hydrogen (secondary N) is 1. The number of aromatic nitrogens is 2. The summed E-state index contributed by atoms with van der Waals surface area (Å²) in [6.07, 6.45) is 3.99. The maximum absolute atomic E-state index is 11.3. The van der Waals surface area contributed by atoms with Crippen molar-refractivity contribution in [3.8, 4) is 0 Å². The number of nitrogens with two attached hydrogens (primary N) is 1. The number of hydrogen-bond acceptors (Lipinski definition) is 3. The Morgan fingerprint density at radius 1 is 1.57 bits per heavy atom. The highest BCUT2D eigenvalue weighted by Gasteiger charge is 2.25. The summed E-state index contributed by atoms with van der Waals surface area (Å²) in [5, 5.41) is 0. The lowest BCUT2D eigenvalue weighted by Gasteiger charge is -2.01. The van der Waals surface area contributed by atoms with Crippen molar-refractivity contribution in [2.75, 3.05) is 6.54 Å². The Morgan fingerprint density at radius 2 is 2.36 bits per heavy atom. The number of aryl methyl sites for hydroxylation is 1. The molecule has 0 aromatic carbocycles. The van der Waals surface area contributed by atoms with Crippen LogP contribution in [-0.4, -0.2) is 16.5 Å². The highest BCUT2D eigenvalue weighted by atomic mass is 16.1. The van der Waals surface area contributed by atoms with Crippen LogP contribution in [0.25, 0.3) is 0 Å². The SMILES string of the molecule is NCCCc1nc(C2CC2)cc(=O)[nH]1. The first-order valence-corrected chi connectivity index (χ1v) is 5.10. The predicted molar refractivity (Wildman–Crippen MR) is 54.2 cm³/mol. The number of H-pyrrole nitrogens is 1. The van der Waals surface area contributed by atoms with E-state index in [-0.39, 0.29) is 5.56 Å². The molecule has 14 heavy (non-hydrogen) atoms. The fourth-order valence-corrected chi connectivity index (χ4v) is 1.50. The van der Waals surface area contributed by atoms with Gasteiger partial charge < -0.3 is 10.7 Å². The number of hydrogen-bond donors (Lipinski definition) is 2. The van der Waals surface area contributed by atoms with Gasteiger partial charge in [-0.1, -0.05) is 0 Å². The highest BCUT2D eigenvalue weighted by Crippen LogP contribution is 2.38. The standard InChI is InChI=1S/C10H15N3O/c11-5-1-2-9-12-8(7-3-4-7)6-10(14)13-9/h6-7H,1-5,11H2,(H,12,13,14). The van der Waals surface area contributed by atoms with Gasteiger partial charge in [-0.3, -0.25) is 4.79 Å². The monoisotopic (exact) mass is 193 g/mol. The Morgan fingerprint density at radius 3 is 3.00 bits per heavy atom. The molecule has 0 saturated heterocycles. The fourth-order valence-electron chi connectivity index (χ4n) is 1.50. The van der Waals surface area contributed by atoms with Crippen molar-refractivity contribution in [1.82, 2.24) is 9.97 Å². The molecule has 1 fully saturated rings. The van der Waals surface area contributed by atoms with E-state index >= 15 is 0 Å². The van der Waals surface area contributed by atoms with Crippen LogP contribution in [0.3, 0.4) is 0 Å². The quantitative estimate of drug-likeness (QED) is 0.733. The first kappa shape index (κ1) is 9.40. The van der Waals surface area contributed by atoms with Gasteiger partial charge in [-0.25, -0.2) is 4.98 Å². The molecular weight excluding hydrogens is 178 g/mol. The zero-order valence-corrected chi connectivity index (χ0v) is 8.12. The van der Waals surface area contributed by atoms with E-state index < -0.39 is 0 Å². The van der Waals surface area contributed by atoms with Crippen molar-refractivity contribution in [2.24, 2.45) is 5.73 Å². The summed E-state index contributed by atoms with van der Waals surface area (Å²) in [6, 6.07) is 1.61. The van der Waals surface area contributed by atoms with Crippen molar-refractivity contribution >= 4 is 0 Å². The molecule has 0 spiro atoms. The molecule has 4 heteroatoms. The van der Waals surface area contributed by atoms with Gasteiger partial charge in [-0.05, 0) is 25.8 Å². The van der Waals surface area contributed by atoms with E-state index in [1.807, 2.05) is 0 Å². The van der Waals surface area contributed by atoms with Crippen molar-refractivity contribution < 1.29 is 0 Å². The Kier molecular flexibility index (Phi) is 2.63. The molecule has 4 nitrogen and oxygen atoms in total. The van der Waals surface area contributed by atoms with Gasteiger partial charge >= 0.3 is 0 Å². The molecule has 0 radical (unpaired) electrons. The van der Waals surface area contributed by atoms with Crippen LogP contribution in [0.2, 0.25) is 0 Å². The Balaban J connectivity index is 2.18. The van der Waals surface area contributed by atoms with Gasteiger partial charge in [0.1, 0.15) is 5.82 Å². The van der Waals surface area contributed by atoms with Gasteiger partial charge in [-0.15, -0.1) is 0 Å². The maximum atomic E-state index is 11.3. The Hall–Kier alpha value is -1.16. The zero-order chi connectivity index (χ0) is 9.97. The van der Waals surface area contributed by atoms with Crippen molar-refractivity contribution in [3.05, 3.63) is 27.9 Å². The van der Waals surface area contributed by atoms with Gasteiger partial charge in [0.2, 0.25) is 0 Å². The first-order chi connectivity index (χ1) is 6.79. The summed E-state index contributed by atoms with van der Waals surface area (Å²) in [5.74, 6) is 1.32. The molecule has 0 bridgehead atoms. The molecule has 76 valence electrons. The molecule has 0 amide bonds. The van der Waals surface area contributed by atoms with E-state index in [1.165, 1.54) is 12.8 Å². The van der Waals surface area contributed by atoms with Crippen LogP contribution in [0.5, 0.6) is 0 Å². The summed E-state index contributed by atoms with van der Waals surface area (Å²) in [5.41, 5.74) is 6.33. The number of aromatic amines is 1. The zero-order valence-electron chi connectivity index (χ0n) is 8.12. The smallest absolute Gasteiger partial charge is 0.251 e. The molecule has 0 unspecified atom stereocenters. The van der Waals surface area contributed by atoms with E-state index in [1.54, 1.807) is 6.07 Å². The van der Waals surface area contributed by atoms with Gasteiger partial charge in [0, 0.05) is 18.4 Å². The van der Waals surface area contributed by atoms with Gasteiger partial charge in [0.15, 0.2) is 0 Å². The van der Waals surface area contributed by atoms with E-state index in [9.17, 15) is 4.79 Å². The molecule has 1 aromatic rings. The van der Waals surface area contributed by atoms with Crippen LogP contribution in [0.15, 0.2) is 10.9 Å². The Bertz CT molecular complexity index is 368. The molecule has 0 aliphatic heterocycles. The minimum absolute atomic E-state index is 0.0334. The van der Waals surface area contributed by atoms with Crippen LogP contribution >= 0.6 is 0 Å². The lowest BCUT2D eigenvalue weighted by atomic mass is 10.2. The van der Waals surface area contributed by atoms with Gasteiger partial charge in [-0.2, -0.15) is 0 Å². The number of rotatable bonds is 4. The number of nitrogens with zero attached hydrogens (tertiary/aromatic N) is 1. The molecule has 0 atom stereocenters. The maximum Gasteiger partial charge on any atom is 0.251 e. The molecule has 2 rings (SSSR count). The first-order valence-electron chi connectivity index (χ1n) is 5.10. The average Bonchev–Trinajstić information content (AvgIpc) is 2.97. The topological polar surface area (TPSA) is 71.8 Å². The second kappa shape index (κ2) is 3.92. The van der Waals surface area contributed by atoms with Gasteiger partial charge in [0.25, 0.3) is 5.56 Å². The lowest BCUT2D eigenvalue weighted by molar-refractivity contribution is 0.762. The lowest BCUT2D eigenvalue weighted by Crippen LogP contribution is -2.13. The van der Waals surface area contributed by atoms with Crippen LogP contribution in [-0.2, 0) is 6.42 Å². The minimum Gasteiger partial charge on any atom is -0.330 e. The highest BCUT2D eigenvalue weighted by molar-refractivity contribution is 5.14. The van der Waals surface area contributed by atoms with Crippen LogP contribution < -0.4 is 11.3 Å². The molecule has 3 N–H and O–H groups in total.